The van der Waals surface area contributed by atoms with Gasteiger partial charge in [-0.15, -0.1) is 0 Å². The number of aryl methyl sites for hydroxylation is 1. The highest BCUT2D eigenvalue weighted by Crippen LogP contribution is 2.28. The Morgan fingerprint density at radius 1 is 1.04 bits per heavy atom. The molecule has 0 bridgehead atoms. The van der Waals surface area contributed by atoms with E-state index < -0.39 is 0 Å². The topological polar surface area (TPSA) is 71.3 Å². The molecule has 138 valence electrons. The van der Waals surface area contributed by atoms with Crippen molar-refractivity contribution in [3.05, 3.63) is 59.9 Å². The Balaban J connectivity index is 1.51. The molecule has 6 nitrogen and oxygen atoms in total. The van der Waals surface area contributed by atoms with Gasteiger partial charge in [0.15, 0.2) is 5.82 Å². The van der Waals surface area contributed by atoms with Crippen molar-refractivity contribution in [2.45, 2.75) is 26.2 Å². The first-order valence-corrected chi connectivity index (χ1v) is 9.27. The van der Waals surface area contributed by atoms with Crippen molar-refractivity contribution in [2.75, 3.05) is 23.3 Å². The van der Waals surface area contributed by atoms with Crippen molar-refractivity contribution in [3.63, 3.8) is 0 Å². The van der Waals surface area contributed by atoms with Gasteiger partial charge >= 0.3 is 0 Å². The van der Waals surface area contributed by atoms with E-state index in [0.29, 0.717) is 17.3 Å². The van der Waals surface area contributed by atoms with E-state index >= 15 is 0 Å². The monoisotopic (exact) mass is 362 g/mol. The molecule has 0 spiro atoms. The summed E-state index contributed by atoms with van der Waals surface area (Å²) >= 11 is 0. The van der Waals surface area contributed by atoms with Gasteiger partial charge in [-0.3, -0.25) is 4.79 Å². The maximum absolute atomic E-state index is 12.7. The number of para-hydroxylation sites is 2. The van der Waals surface area contributed by atoms with Gasteiger partial charge < -0.3 is 14.7 Å². The first-order chi connectivity index (χ1) is 13.2. The first-order valence-electron chi connectivity index (χ1n) is 9.27. The van der Waals surface area contributed by atoms with Crippen molar-refractivity contribution in [2.24, 2.45) is 0 Å². The Hall–Kier alpha value is -3.15. The highest BCUT2D eigenvalue weighted by atomic mass is 16.5. The number of benzene rings is 2. The molecule has 3 aromatic rings. The molecule has 1 fully saturated rings. The van der Waals surface area contributed by atoms with Crippen LogP contribution in [0.4, 0.5) is 11.4 Å². The molecule has 27 heavy (non-hydrogen) atoms. The first kappa shape index (κ1) is 17.3. The molecule has 1 aromatic heterocycles. The SMILES string of the molecule is Cc1noc(-c2ccc(C(=O)Nc3ccccc3N3CCCCC3)cc2)n1. The fraction of sp³-hybridized carbons (Fsp3) is 0.286. The summed E-state index contributed by atoms with van der Waals surface area (Å²) in [5.74, 6) is 0.906. The summed E-state index contributed by atoms with van der Waals surface area (Å²) in [4.78, 5) is 19.3. The molecule has 1 saturated heterocycles. The number of piperidine rings is 1. The number of rotatable bonds is 4. The van der Waals surface area contributed by atoms with Gasteiger partial charge in [-0.25, -0.2) is 0 Å². The standard InChI is InChI=1S/C21H22N4O2/c1-15-22-21(27-24-15)17-11-9-16(10-12-17)20(26)23-18-7-3-4-8-19(18)25-13-5-2-6-14-25/h3-4,7-12H,2,5-6,13-14H2,1H3,(H,23,26). The minimum atomic E-state index is -0.132. The van der Waals surface area contributed by atoms with Crippen molar-refractivity contribution in [1.29, 1.82) is 0 Å². The molecule has 6 heteroatoms. The predicted molar refractivity (Wildman–Crippen MR) is 105 cm³/mol. The average molecular weight is 362 g/mol. The quantitative estimate of drug-likeness (QED) is 0.750. The van der Waals surface area contributed by atoms with Crippen LogP contribution in [0.3, 0.4) is 0 Å². The zero-order valence-corrected chi connectivity index (χ0v) is 15.3. The van der Waals surface area contributed by atoms with E-state index in [1.165, 1.54) is 19.3 Å². The van der Waals surface area contributed by atoms with Crippen LogP contribution in [-0.2, 0) is 0 Å². The number of hydrogen-bond acceptors (Lipinski definition) is 5. The molecule has 2 aromatic carbocycles. The maximum atomic E-state index is 12.7. The molecule has 1 N–H and O–H groups in total. The number of carbonyl (C=O) groups is 1. The highest BCUT2D eigenvalue weighted by Gasteiger charge is 2.16. The summed E-state index contributed by atoms with van der Waals surface area (Å²) in [7, 11) is 0. The minimum Gasteiger partial charge on any atom is -0.370 e. The largest absolute Gasteiger partial charge is 0.370 e. The van der Waals surface area contributed by atoms with Crippen LogP contribution < -0.4 is 10.2 Å². The summed E-state index contributed by atoms with van der Waals surface area (Å²) in [5, 5.41) is 6.85. The molecular formula is C21H22N4O2. The van der Waals surface area contributed by atoms with Crippen molar-refractivity contribution >= 4 is 17.3 Å². The van der Waals surface area contributed by atoms with Crippen LogP contribution in [0.25, 0.3) is 11.5 Å². The van der Waals surface area contributed by atoms with Gasteiger partial charge in [0.25, 0.3) is 11.8 Å². The Morgan fingerprint density at radius 2 is 1.78 bits per heavy atom. The summed E-state index contributed by atoms with van der Waals surface area (Å²) in [6.07, 6.45) is 3.66. The van der Waals surface area contributed by atoms with E-state index in [2.05, 4.69) is 26.4 Å². The van der Waals surface area contributed by atoms with Crippen LogP contribution in [0.15, 0.2) is 53.1 Å². The lowest BCUT2D eigenvalue weighted by Crippen LogP contribution is -2.30. The zero-order valence-electron chi connectivity index (χ0n) is 15.3. The smallest absolute Gasteiger partial charge is 0.257 e. The summed E-state index contributed by atoms with van der Waals surface area (Å²) < 4.78 is 5.16. The fourth-order valence-corrected chi connectivity index (χ4v) is 3.36. The Morgan fingerprint density at radius 3 is 2.48 bits per heavy atom. The second-order valence-corrected chi connectivity index (χ2v) is 6.74. The van der Waals surface area contributed by atoms with E-state index in [9.17, 15) is 4.79 Å². The van der Waals surface area contributed by atoms with E-state index in [4.69, 9.17) is 4.52 Å². The van der Waals surface area contributed by atoms with Crippen LogP contribution >= 0.6 is 0 Å². The van der Waals surface area contributed by atoms with E-state index in [1.807, 2.05) is 30.3 Å². The van der Waals surface area contributed by atoms with E-state index in [1.54, 1.807) is 19.1 Å². The van der Waals surface area contributed by atoms with E-state index in [-0.39, 0.29) is 5.91 Å². The lowest BCUT2D eigenvalue weighted by molar-refractivity contribution is 0.102. The van der Waals surface area contributed by atoms with Crippen LogP contribution in [0.1, 0.15) is 35.4 Å². The van der Waals surface area contributed by atoms with Gasteiger partial charge in [-0.1, -0.05) is 17.3 Å². The van der Waals surface area contributed by atoms with Crippen LogP contribution in [0.2, 0.25) is 0 Å². The summed E-state index contributed by atoms with van der Waals surface area (Å²) in [6, 6.07) is 15.2. The van der Waals surface area contributed by atoms with Crippen molar-refractivity contribution in [1.82, 2.24) is 10.1 Å². The zero-order chi connectivity index (χ0) is 18.6. The number of aromatic nitrogens is 2. The molecule has 1 amide bonds. The van der Waals surface area contributed by atoms with Crippen LogP contribution in [0.5, 0.6) is 0 Å². The highest BCUT2D eigenvalue weighted by molar-refractivity contribution is 6.06. The minimum absolute atomic E-state index is 0.132. The Labute approximate surface area is 158 Å². The molecule has 0 aliphatic carbocycles. The number of anilines is 2. The van der Waals surface area contributed by atoms with Gasteiger partial charge in [-0.05, 0) is 62.6 Å². The normalized spacial score (nSPS) is 14.2. The molecule has 0 atom stereocenters. The van der Waals surface area contributed by atoms with Crippen molar-refractivity contribution in [3.8, 4) is 11.5 Å². The lowest BCUT2D eigenvalue weighted by atomic mass is 10.1. The molecule has 1 aliphatic heterocycles. The fourth-order valence-electron chi connectivity index (χ4n) is 3.36. The molecular weight excluding hydrogens is 340 g/mol. The Kier molecular flexibility index (Phi) is 4.87. The molecule has 2 heterocycles. The molecule has 1 aliphatic rings. The predicted octanol–water partition coefficient (Wildman–Crippen LogP) is 4.29. The molecule has 0 radical (unpaired) electrons. The third-order valence-corrected chi connectivity index (χ3v) is 4.77. The number of nitrogens with zero attached hydrogens (tertiary/aromatic N) is 3. The second kappa shape index (κ2) is 7.61. The molecule has 0 unspecified atom stereocenters. The summed E-state index contributed by atoms with van der Waals surface area (Å²) in [6.45, 7) is 3.84. The van der Waals surface area contributed by atoms with Gasteiger partial charge in [-0.2, -0.15) is 4.98 Å². The summed E-state index contributed by atoms with van der Waals surface area (Å²) in [5.41, 5.74) is 3.31. The van der Waals surface area contributed by atoms with Gasteiger partial charge in [0.1, 0.15) is 0 Å². The second-order valence-electron chi connectivity index (χ2n) is 6.74. The van der Waals surface area contributed by atoms with Gasteiger partial charge in [0.2, 0.25) is 0 Å². The van der Waals surface area contributed by atoms with E-state index in [0.717, 1.165) is 30.0 Å². The third kappa shape index (κ3) is 3.84. The average Bonchev–Trinajstić information content (AvgIpc) is 3.15. The van der Waals surface area contributed by atoms with Crippen LogP contribution in [0, 0.1) is 6.92 Å². The van der Waals surface area contributed by atoms with Crippen LogP contribution in [-0.4, -0.2) is 29.1 Å². The lowest BCUT2D eigenvalue weighted by Gasteiger charge is -2.30. The molecule has 4 rings (SSSR count). The van der Waals surface area contributed by atoms with Crippen molar-refractivity contribution < 1.29 is 9.32 Å². The third-order valence-electron chi connectivity index (χ3n) is 4.77. The van der Waals surface area contributed by atoms with Gasteiger partial charge in [0, 0.05) is 24.2 Å². The number of hydrogen-bond donors (Lipinski definition) is 1. The number of nitrogens with one attached hydrogen (secondary N) is 1. The maximum Gasteiger partial charge on any atom is 0.257 e. The number of amides is 1. The van der Waals surface area contributed by atoms with Gasteiger partial charge in [0.05, 0.1) is 11.4 Å². The number of carbonyl (C=O) groups excluding carboxylic acids is 1. The molecule has 0 saturated carbocycles. The Bertz CT molecular complexity index is 927.